The molecule has 0 radical (unpaired) electrons. The van der Waals surface area contributed by atoms with E-state index in [1.54, 1.807) is 6.92 Å². The molecular formula is C12H17NO4S. The Bertz CT molecular complexity index is 515. The number of sulfonamides is 1. The van der Waals surface area contributed by atoms with Crippen molar-refractivity contribution in [2.24, 2.45) is 0 Å². The van der Waals surface area contributed by atoms with Crippen molar-refractivity contribution in [3.63, 3.8) is 0 Å². The second-order valence-electron chi connectivity index (χ2n) is 4.21. The number of likely N-dealkylation sites (N-methyl/N-ethyl adjacent to an activating group) is 1. The summed E-state index contributed by atoms with van der Waals surface area (Å²) in [5, 5.41) is 0. The lowest BCUT2D eigenvalue weighted by molar-refractivity contribution is 0.0772. The van der Waals surface area contributed by atoms with Gasteiger partial charge in [-0.2, -0.15) is 4.31 Å². The van der Waals surface area contributed by atoms with Crippen LogP contribution in [0.2, 0.25) is 0 Å². The second kappa shape index (κ2) is 5.16. The summed E-state index contributed by atoms with van der Waals surface area (Å²) in [5.41, 5.74) is 0. The third-order valence-corrected chi connectivity index (χ3v) is 4.14. The first-order valence-corrected chi connectivity index (χ1v) is 7.69. The van der Waals surface area contributed by atoms with Crippen molar-refractivity contribution < 1.29 is 17.9 Å². The highest BCUT2D eigenvalue weighted by molar-refractivity contribution is 7.88. The summed E-state index contributed by atoms with van der Waals surface area (Å²) >= 11 is 0. The number of fused-ring (bicyclic) bond motifs is 1. The summed E-state index contributed by atoms with van der Waals surface area (Å²) < 4.78 is 35.7. The Balaban J connectivity index is 2.06. The lowest BCUT2D eigenvalue weighted by atomic mass is 10.2. The third-order valence-electron chi connectivity index (χ3n) is 2.80. The van der Waals surface area contributed by atoms with Crippen molar-refractivity contribution in [3.8, 4) is 11.5 Å². The number of hydrogen-bond acceptors (Lipinski definition) is 4. The van der Waals surface area contributed by atoms with Crippen molar-refractivity contribution in [2.45, 2.75) is 13.0 Å². The van der Waals surface area contributed by atoms with Gasteiger partial charge >= 0.3 is 0 Å². The maximum Gasteiger partial charge on any atom is 0.211 e. The van der Waals surface area contributed by atoms with Gasteiger partial charge in [-0.3, -0.25) is 0 Å². The van der Waals surface area contributed by atoms with Crippen LogP contribution in [0, 0.1) is 0 Å². The van der Waals surface area contributed by atoms with Gasteiger partial charge in [-0.1, -0.05) is 19.1 Å². The molecule has 0 N–H and O–H groups in total. The van der Waals surface area contributed by atoms with Crippen molar-refractivity contribution in [3.05, 3.63) is 24.3 Å². The predicted octanol–water partition coefficient (Wildman–Crippen LogP) is 1.11. The maximum atomic E-state index is 11.5. The van der Waals surface area contributed by atoms with Gasteiger partial charge in [0.1, 0.15) is 12.7 Å². The number of ether oxygens (including phenoxy) is 2. The molecule has 1 heterocycles. The molecule has 0 unspecified atom stereocenters. The first-order chi connectivity index (χ1) is 8.50. The van der Waals surface area contributed by atoms with E-state index in [9.17, 15) is 8.42 Å². The fourth-order valence-electron chi connectivity index (χ4n) is 1.88. The number of nitrogens with zero attached hydrogens (tertiary/aromatic N) is 1. The summed E-state index contributed by atoms with van der Waals surface area (Å²) in [5.74, 6) is 1.37. The van der Waals surface area contributed by atoms with Crippen LogP contribution < -0.4 is 9.47 Å². The van der Waals surface area contributed by atoms with Gasteiger partial charge in [0.2, 0.25) is 10.0 Å². The van der Waals surface area contributed by atoms with Gasteiger partial charge in [-0.05, 0) is 12.1 Å². The van der Waals surface area contributed by atoms with Gasteiger partial charge in [-0.25, -0.2) is 8.42 Å². The van der Waals surface area contributed by atoms with Gasteiger partial charge in [0.15, 0.2) is 11.5 Å². The van der Waals surface area contributed by atoms with E-state index in [0.717, 1.165) is 0 Å². The van der Waals surface area contributed by atoms with E-state index in [1.165, 1.54) is 10.6 Å². The zero-order chi connectivity index (χ0) is 13.2. The number of para-hydroxylation sites is 2. The van der Waals surface area contributed by atoms with Gasteiger partial charge in [0.25, 0.3) is 0 Å². The van der Waals surface area contributed by atoms with Crippen molar-refractivity contribution >= 4 is 10.0 Å². The molecule has 18 heavy (non-hydrogen) atoms. The fourth-order valence-corrected chi connectivity index (χ4v) is 2.79. The largest absolute Gasteiger partial charge is 0.486 e. The van der Waals surface area contributed by atoms with Crippen LogP contribution in [0.4, 0.5) is 0 Å². The van der Waals surface area contributed by atoms with Crippen LogP contribution in [0.25, 0.3) is 0 Å². The Morgan fingerprint density at radius 2 is 2.00 bits per heavy atom. The Hall–Kier alpha value is -1.27. The van der Waals surface area contributed by atoms with Crippen LogP contribution in [-0.4, -0.2) is 44.8 Å². The van der Waals surface area contributed by atoms with E-state index < -0.39 is 10.0 Å². The molecule has 100 valence electrons. The fraction of sp³-hybridized carbons (Fsp3) is 0.500. The molecule has 1 aromatic rings. The van der Waals surface area contributed by atoms with Crippen LogP contribution in [0.3, 0.4) is 0 Å². The van der Waals surface area contributed by atoms with Crippen LogP contribution in [0.5, 0.6) is 11.5 Å². The average Bonchev–Trinajstić information content (AvgIpc) is 2.34. The zero-order valence-electron chi connectivity index (χ0n) is 10.5. The van der Waals surface area contributed by atoms with Crippen LogP contribution in [0.1, 0.15) is 6.92 Å². The van der Waals surface area contributed by atoms with Gasteiger partial charge < -0.3 is 9.47 Å². The minimum atomic E-state index is -3.19. The minimum Gasteiger partial charge on any atom is -0.486 e. The van der Waals surface area contributed by atoms with E-state index in [2.05, 4.69) is 0 Å². The van der Waals surface area contributed by atoms with E-state index in [-0.39, 0.29) is 6.10 Å². The van der Waals surface area contributed by atoms with Crippen molar-refractivity contribution in [2.75, 3.05) is 26.0 Å². The van der Waals surface area contributed by atoms with Crippen LogP contribution in [0.15, 0.2) is 24.3 Å². The summed E-state index contributed by atoms with van der Waals surface area (Å²) in [6.07, 6.45) is 0.934. The van der Waals surface area contributed by atoms with E-state index >= 15 is 0 Å². The molecule has 0 amide bonds. The van der Waals surface area contributed by atoms with Crippen molar-refractivity contribution in [1.29, 1.82) is 0 Å². The summed E-state index contributed by atoms with van der Waals surface area (Å²) in [7, 11) is -3.19. The summed E-state index contributed by atoms with van der Waals surface area (Å²) in [4.78, 5) is 0. The Kier molecular flexibility index (Phi) is 3.77. The Labute approximate surface area is 107 Å². The van der Waals surface area contributed by atoms with E-state index in [1.807, 2.05) is 24.3 Å². The number of hydrogen-bond donors (Lipinski definition) is 0. The Morgan fingerprint density at radius 1 is 1.33 bits per heavy atom. The molecule has 0 bridgehead atoms. The summed E-state index contributed by atoms with van der Waals surface area (Å²) in [6.45, 7) is 2.91. The third kappa shape index (κ3) is 2.94. The summed E-state index contributed by atoms with van der Waals surface area (Å²) in [6, 6.07) is 7.38. The first kappa shape index (κ1) is 13.2. The molecule has 1 aromatic carbocycles. The molecule has 0 fully saturated rings. The monoisotopic (exact) mass is 271 g/mol. The SMILES string of the molecule is CCN(C[C@@H]1COc2ccccc2O1)S(C)(=O)=O. The molecule has 1 aliphatic rings. The lowest BCUT2D eigenvalue weighted by Crippen LogP contribution is -2.43. The Morgan fingerprint density at radius 3 is 2.61 bits per heavy atom. The molecule has 1 aliphatic heterocycles. The highest BCUT2D eigenvalue weighted by Crippen LogP contribution is 2.31. The molecule has 1 atom stereocenters. The molecule has 2 rings (SSSR count). The van der Waals surface area contributed by atoms with E-state index in [4.69, 9.17) is 9.47 Å². The van der Waals surface area contributed by atoms with Crippen LogP contribution >= 0.6 is 0 Å². The molecule has 0 aromatic heterocycles. The second-order valence-corrected chi connectivity index (χ2v) is 6.19. The minimum absolute atomic E-state index is 0.269. The highest BCUT2D eigenvalue weighted by Gasteiger charge is 2.25. The molecular weight excluding hydrogens is 254 g/mol. The molecule has 0 saturated carbocycles. The molecule has 0 spiro atoms. The molecule has 0 aliphatic carbocycles. The average molecular weight is 271 g/mol. The molecule has 0 saturated heterocycles. The standard InChI is InChI=1S/C12H17NO4S/c1-3-13(18(2,14)15)8-10-9-16-11-6-4-5-7-12(11)17-10/h4-7,10H,3,8-9H2,1-2H3/t10-/m1/s1. The van der Waals surface area contributed by atoms with Crippen molar-refractivity contribution in [1.82, 2.24) is 4.31 Å². The van der Waals surface area contributed by atoms with Gasteiger partial charge in [0.05, 0.1) is 12.8 Å². The zero-order valence-corrected chi connectivity index (χ0v) is 11.3. The first-order valence-electron chi connectivity index (χ1n) is 5.84. The lowest BCUT2D eigenvalue weighted by Gasteiger charge is -2.29. The van der Waals surface area contributed by atoms with Gasteiger partial charge in [-0.15, -0.1) is 0 Å². The quantitative estimate of drug-likeness (QED) is 0.823. The highest BCUT2D eigenvalue weighted by atomic mass is 32.2. The van der Waals surface area contributed by atoms with Crippen LogP contribution in [-0.2, 0) is 10.0 Å². The number of rotatable bonds is 4. The molecule has 6 heteroatoms. The van der Waals surface area contributed by atoms with E-state index in [0.29, 0.717) is 31.2 Å². The topological polar surface area (TPSA) is 55.8 Å². The molecule has 5 nitrogen and oxygen atoms in total. The maximum absolute atomic E-state index is 11.5. The predicted molar refractivity (Wildman–Crippen MR) is 68.4 cm³/mol. The smallest absolute Gasteiger partial charge is 0.211 e. The normalized spacial score (nSPS) is 18.9. The van der Waals surface area contributed by atoms with Gasteiger partial charge in [0, 0.05) is 6.54 Å². The number of benzene rings is 1.